The number of rotatable bonds is 7. The molecule has 1 aromatic carbocycles. The van der Waals surface area contributed by atoms with E-state index in [0.29, 0.717) is 40.5 Å². The third kappa shape index (κ3) is 3.82. The first-order chi connectivity index (χ1) is 14.9. The molecule has 1 atom stereocenters. The number of aromatic nitrogens is 3. The summed E-state index contributed by atoms with van der Waals surface area (Å²) in [5.74, 6) is 0.725. The van der Waals surface area contributed by atoms with E-state index < -0.39 is 10.0 Å². The molecule has 2 heterocycles. The minimum atomic E-state index is -3.72. The summed E-state index contributed by atoms with van der Waals surface area (Å²) in [5.41, 5.74) is 1.49. The fourth-order valence-corrected chi connectivity index (χ4v) is 5.20. The monoisotopic (exact) mass is 439 g/mol. The van der Waals surface area contributed by atoms with Crippen molar-refractivity contribution < 1.29 is 12.8 Å². The molecule has 160 valence electrons. The number of hydrogen-bond donors (Lipinski definition) is 1. The van der Waals surface area contributed by atoms with Crippen LogP contribution in [0.3, 0.4) is 0 Å². The van der Waals surface area contributed by atoms with Crippen molar-refractivity contribution in [2.24, 2.45) is 11.8 Å². The Morgan fingerprint density at radius 1 is 1.26 bits per heavy atom. The molecule has 2 aliphatic rings. The zero-order valence-corrected chi connectivity index (χ0v) is 17.9. The van der Waals surface area contributed by atoms with Crippen LogP contribution in [0.25, 0.3) is 22.4 Å². The summed E-state index contributed by atoms with van der Waals surface area (Å²) in [7, 11) is -3.72. The summed E-state index contributed by atoms with van der Waals surface area (Å²) in [5, 5.41) is 10.5. The van der Waals surface area contributed by atoms with Crippen molar-refractivity contribution in [3.8, 4) is 17.6 Å². The van der Waals surface area contributed by atoms with Crippen LogP contribution in [0, 0.1) is 29.0 Å². The van der Waals surface area contributed by atoms with Crippen molar-refractivity contribution in [3.63, 3.8) is 0 Å². The summed E-state index contributed by atoms with van der Waals surface area (Å²) in [6, 6.07) is 6.42. The van der Waals surface area contributed by atoms with Crippen LogP contribution in [0.1, 0.15) is 38.2 Å². The Morgan fingerprint density at radius 2 is 1.97 bits per heavy atom. The first kappa shape index (κ1) is 20.1. The van der Waals surface area contributed by atoms with Crippen molar-refractivity contribution >= 4 is 20.9 Å². The number of fused-ring (bicyclic) bond motifs is 1. The topological polar surface area (TPSA) is 101 Å². The molecule has 0 aliphatic heterocycles. The molecule has 9 heteroatoms. The van der Waals surface area contributed by atoms with Crippen molar-refractivity contribution in [2.45, 2.75) is 50.1 Å². The smallest absolute Gasteiger partial charge is 0.243 e. The van der Waals surface area contributed by atoms with Gasteiger partial charge in [0.15, 0.2) is 5.82 Å². The Bertz CT molecular complexity index is 1300. The van der Waals surface area contributed by atoms with Gasteiger partial charge in [-0.15, -0.1) is 0 Å². The molecular weight excluding hydrogens is 417 g/mol. The van der Waals surface area contributed by atoms with E-state index in [9.17, 15) is 18.1 Å². The second kappa shape index (κ2) is 7.39. The number of nitriles is 1. The molecule has 2 aliphatic carbocycles. The van der Waals surface area contributed by atoms with Crippen LogP contribution in [0.15, 0.2) is 35.5 Å². The Hall–Kier alpha value is -2.83. The third-order valence-electron chi connectivity index (χ3n) is 6.10. The fourth-order valence-electron chi connectivity index (χ4n) is 4.00. The number of benzene rings is 1. The van der Waals surface area contributed by atoms with Gasteiger partial charge in [-0.3, -0.25) is 0 Å². The van der Waals surface area contributed by atoms with Crippen molar-refractivity contribution in [1.29, 1.82) is 5.26 Å². The number of nitrogens with zero attached hydrogens (tertiary/aromatic N) is 4. The first-order valence-corrected chi connectivity index (χ1v) is 11.9. The third-order valence-corrected chi connectivity index (χ3v) is 7.61. The number of halogens is 1. The summed E-state index contributed by atoms with van der Waals surface area (Å²) >= 11 is 0. The SMILES string of the molecule is C[C@H](NS(=O)(=O)c1cnc(-c2c(C#N)c3ccc(F)cc3n2CC2CC2)nc1)C1CC1. The largest absolute Gasteiger partial charge is 0.336 e. The predicted molar refractivity (Wildman–Crippen MR) is 113 cm³/mol. The predicted octanol–water partition coefficient (Wildman–Crippen LogP) is 3.60. The number of nitrogens with one attached hydrogen (secondary N) is 1. The minimum absolute atomic E-state index is 0.0156. The molecule has 2 saturated carbocycles. The van der Waals surface area contributed by atoms with Crippen molar-refractivity contribution in [3.05, 3.63) is 42.0 Å². The average Bonchev–Trinajstić information content (AvgIpc) is 3.65. The maximum absolute atomic E-state index is 14.0. The van der Waals surface area contributed by atoms with E-state index >= 15 is 0 Å². The summed E-state index contributed by atoms with van der Waals surface area (Å²) in [6.07, 6.45) is 6.76. The van der Waals surface area contributed by atoms with Gasteiger partial charge in [0.2, 0.25) is 10.0 Å². The molecule has 7 nitrogen and oxygen atoms in total. The average molecular weight is 440 g/mol. The van der Waals surface area contributed by atoms with Gasteiger partial charge < -0.3 is 4.57 Å². The van der Waals surface area contributed by atoms with Gasteiger partial charge in [-0.25, -0.2) is 27.5 Å². The molecule has 2 fully saturated rings. The lowest BCUT2D eigenvalue weighted by molar-refractivity contribution is 0.537. The lowest BCUT2D eigenvalue weighted by Crippen LogP contribution is -2.34. The molecule has 2 aromatic heterocycles. The summed E-state index contributed by atoms with van der Waals surface area (Å²) < 4.78 is 43.9. The van der Waals surface area contributed by atoms with Gasteiger partial charge >= 0.3 is 0 Å². The van der Waals surface area contributed by atoms with Gasteiger partial charge in [0.25, 0.3) is 0 Å². The second-order valence-electron chi connectivity index (χ2n) is 8.54. The van der Waals surface area contributed by atoms with E-state index in [-0.39, 0.29) is 22.6 Å². The van der Waals surface area contributed by atoms with Crippen molar-refractivity contribution in [1.82, 2.24) is 19.3 Å². The number of hydrogen-bond acceptors (Lipinski definition) is 5. The van der Waals surface area contributed by atoms with E-state index in [0.717, 1.165) is 25.7 Å². The molecule has 3 aromatic rings. The number of sulfonamides is 1. The highest BCUT2D eigenvalue weighted by atomic mass is 32.2. The minimum Gasteiger partial charge on any atom is -0.336 e. The Morgan fingerprint density at radius 3 is 2.58 bits per heavy atom. The van der Waals surface area contributed by atoms with Crippen LogP contribution in [0.4, 0.5) is 4.39 Å². The maximum Gasteiger partial charge on any atom is 0.243 e. The molecule has 0 saturated heterocycles. The highest BCUT2D eigenvalue weighted by Gasteiger charge is 2.32. The van der Waals surface area contributed by atoms with E-state index in [4.69, 9.17) is 0 Å². The van der Waals surface area contributed by atoms with Crippen LogP contribution < -0.4 is 4.72 Å². The summed E-state index contributed by atoms with van der Waals surface area (Å²) in [4.78, 5) is 8.59. The molecule has 5 rings (SSSR count). The van der Waals surface area contributed by atoms with Gasteiger partial charge in [-0.1, -0.05) is 0 Å². The highest BCUT2D eigenvalue weighted by molar-refractivity contribution is 7.89. The molecular formula is C22H22FN5O2S. The first-order valence-electron chi connectivity index (χ1n) is 10.4. The fraction of sp³-hybridized carbons (Fsp3) is 0.409. The molecule has 31 heavy (non-hydrogen) atoms. The highest BCUT2D eigenvalue weighted by Crippen LogP contribution is 2.38. The Balaban J connectivity index is 1.56. The van der Waals surface area contributed by atoms with Gasteiger partial charge in [-0.05, 0) is 62.6 Å². The van der Waals surface area contributed by atoms with Crippen LogP contribution in [0.2, 0.25) is 0 Å². The van der Waals surface area contributed by atoms with E-state index in [1.807, 2.05) is 11.5 Å². The van der Waals surface area contributed by atoms with Gasteiger partial charge in [0, 0.05) is 18.0 Å². The molecule has 0 spiro atoms. The second-order valence-corrected chi connectivity index (χ2v) is 10.3. The molecule has 0 unspecified atom stereocenters. The van der Waals surface area contributed by atoms with Crippen molar-refractivity contribution in [2.75, 3.05) is 0 Å². The van der Waals surface area contributed by atoms with Gasteiger partial charge in [-0.2, -0.15) is 5.26 Å². The molecule has 0 bridgehead atoms. The van der Waals surface area contributed by atoms with Gasteiger partial charge in [0.1, 0.15) is 22.5 Å². The summed E-state index contributed by atoms with van der Waals surface area (Å²) in [6.45, 7) is 2.50. The van der Waals surface area contributed by atoms with Gasteiger partial charge in [0.05, 0.1) is 23.5 Å². The Labute approximate surface area is 180 Å². The molecule has 1 N–H and O–H groups in total. The van der Waals surface area contributed by atoms with Crippen LogP contribution in [-0.4, -0.2) is 29.0 Å². The molecule has 0 radical (unpaired) electrons. The maximum atomic E-state index is 14.0. The lowest BCUT2D eigenvalue weighted by atomic mass is 10.1. The lowest BCUT2D eigenvalue weighted by Gasteiger charge is -2.13. The Kier molecular flexibility index (Phi) is 4.79. The zero-order valence-electron chi connectivity index (χ0n) is 17.0. The van der Waals surface area contributed by atoms with Crippen LogP contribution in [-0.2, 0) is 16.6 Å². The van der Waals surface area contributed by atoms with E-state index in [2.05, 4.69) is 20.8 Å². The normalized spacial score (nSPS) is 17.6. The van der Waals surface area contributed by atoms with Crippen LogP contribution in [0.5, 0.6) is 0 Å². The standard InChI is InChI=1S/C22H22FN5O2S/c1-13(15-4-5-15)27-31(29,30)17-10-25-22(26-11-17)21-19(9-24)18-7-6-16(23)8-20(18)28(21)12-14-2-3-14/h6-8,10-11,13-15,27H,2-5,12H2,1H3/t13-/m0/s1. The zero-order chi connectivity index (χ0) is 21.8. The van der Waals surface area contributed by atoms with Crippen LogP contribution >= 0.6 is 0 Å². The van der Waals surface area contributed by atoms with E-state index in [1.165, 1.54) is 24.5 Å². The quantitative estimate of drug-likeness (QED) is 0.606. The van der Waals surface area contributed by atoms with E-state index in [1.54, 1.807) is 6.07 Å². The molecule has 0 amide bonds.